The molecule has 2 aromatic heterocycles. The second-order valence-corrected chi connectivity index (χ2v) is 9.95. The van der Waals surface area contributed by atoms with E-state index in [1.165, 1.54) is 12.4 Å². The van der Waals surface area contributed by atoms with Gasteiger partial charge in [-0.15, -0.1) is 0 Å². The van der Waals surface area contributed by atoms with E-state index in [1.807, 2.05) is 25.2 Å². The van der Waals surface area contributed by atoms with Gasteiger partial charge in [0.2, 0.25) is 0 Å². The molecule has 3 heterocycles. The zero-order valence-electron chi connectivity index (χ0n) is 20.9. The summed E-state index contributed by atoms with van der Waals surface area (Å²) in [5.41, 5.74) is 2.02. The molecule has 9 nitrogen and oxygen atoms in total. The summed E-state index contributed by atoms with van der Waals surface area (Å²) in [4.78, 5) is 26.6. The van der Waals surface area contributed by atoms with Crippen LogP contribution in [0.25, 0.3) is 10.9 Å². The molecule has 38 heavy (non-hydrogen) atoms. The molecule has 0 saturated carbocycles. The van der Waals surface area contributed by atoms with Gasteiger partial charge in [-0.3, -0.25) is 15.1 Å². The van der Waals surface area contributed by atoms with Crippen molar-refractivity contribution in [2.75, 3.05) is 25.5 Å². The van der Waals surface area contributed by atoms with Crippen LogP contribution in [0.4, 0.5) is 17.2 Å². The van der Waals surface area contributed by atoms with Gasteiger partial charge in [-0.25, -0.2) is 9.97 Å². The van der Waals surface area contributed by atoms with Crippen molar-refractivity contribution in [3.05, 3.63) is 87.4 Å². The molecule has 10 heteroatoms. The van der Waals surface area contributed by atoms with E-state index in [1.54, 1.807) is 30.5 Å². The molecule has 1 fully saturated rings. The van der Waals surface area contributed by atoms with Gasteiger partial charge in [0, 0.05) is 35.3 Å². The first kappa shape index (κ1) is 25.4. The fourth-order valence-corrected chi connectivity index (χ4v) is 4.66. The van der Waals surface area contributed by atoms with Gasteiger partial charge in [0.05, 0.1) is 21.2 Å². The number of ether oxygens (including phenoxy) is 1. The Morgan fingerprint density at radius 2 is 2.08 bits per heavy atom. The predicted molar refractivity (Wildman–Crippen MR) is 147 cm³/mol. The smallest absolute Gasteiger partial charge is 0.285 e. The summed E-state index contributed by atoms with van der Waals surface area (Å²) in [5.74, 6) is 7.25. The minimum absolute atomic E-state index is 0.0888. The number of aromatic nitrogens is 3. The van der Waals surface area contributed by atoms with Crippen LogP contribution in [-0.4, -0.2) is 44.9 Å². The van der Waals surface area contributed by atoms with Crippen molar-refractivity contribution in [2.24, 2.45) is 5.41 Å². The number of nitro groups is 1. The number of likely N-dealkylation sites (tertiary alicyclic amines) is 1. The number of rotatable bonds is 6. The quantitative estimate of drug-likeness (QED) is 0.196. The lowest BCUT2D eigenvalue weighted by atomic mass is 9.90. The van der Waals surface area contributed by atoms with Crippen molar-refractivity contribution >= 4 is 39.7 Å². The average Bonchev–Trinajstić information content (AvgIpc) is 3.25. The number of hydrogen-bond acceptors (Lipinski definition) is 8. The largest absolute Gasteiger partial charge is 0.486 e. The maximum absolute atomic E-state index is 11.9. The predicted octanol–water partition coefficient (Wildman–Crippen LogP) is 5.60. The number of benzene rings is 2. The van der Waals surface area contributed by atoms with Gasteiger partial charge in [0.25, 0.3) is 5.69 Å². The van der Waals surface area contributed by atoms with Crippen LogP contribution < -0.4 is 10.1 Å². The first-order valence-corrected chi connectivity index (χ1v) is 12.4. The van der Waals surface area contributed by atoms with E-state index >= 15 is 0 Å². The van der Waals surface area contributed by atoms with Crippen molar-refractivity contribution in [3.8, 4) is 17.6 Å². The molecule has 1 aliphatic heterocycles. The number of hydrogen-bond donors (Lipinski definition) is 1. The second kappa shape index (κ2) is 10.6. The van der Waals surface area contributed by atoms with Gasteiger partial charge in [0.1, 0.15) is 30.1 Å². The van der Waals surface area contributed by atoms with Crippen molar-refractivity contribution < 1.29 is 9.66 Å². The van der Waals surface area contributed by atoms with Crippen molar-refractivity contribution in [1.29, 1.82) is 0 Å². The summed E-state index contributed by atoms with van der Waals surface area (Å²) in [6.07, 6.45) is 4.03. The highest BCUT2D eigenvalue weighted by atomic mass is 35.5. The third-order valence-corrected chi connectivity index (χ3v) is 6.70. The molecule has 1 N–H and O–H groups in total. The second-order valence-electron chi connectivity index (χ2n) is 9.54. The lowest BCUT2D eigenvalue weighted by Gasteiger charge is -2.15. The number of nitro benzene ring substituents is 1. The molecule has 1 aliphatic rings. The summed E-state index contributed by atoms with van der Waals surface area (Å²) in [5, 5.41) is 16.0. The molecule has 0 spiro atoms. The van der Waals surface area contributed by atoms with Crippen LogP contribution in [0.1, 0.15) is 24.6 Å². The summed E-state index contributed by atoms with van der Waals surface area (Å²) in [6.45, 7) is 4.15. The van der Waals surface area contributed by atoms with Gasteiger partial charge in [0.15, 0.2) is 0 Å². The topological polar surface area (TPSA) is 106 Å². The number of nitrogens with one attached hydrogen (secondary N) is 1. The molecular weight excluding hydrogens is 504 g/mol. The lowest BCUT2D eigenvalue weighted by molar-refractivity contribution is -0.385. The van der Waals surface area contributed by atoms with Gasteiger partial charge >= 0.3 is 0 Å². The summed E-state index contributed by atoms with van der Waals surface area (Å²) < 4.78 is 5.79. The van der Waals surface area contributed by atoms with E-state index in [4.69, 9.17) is 16.3 Å². The first-order chi connectivity index (χ1) is 18.3. The van der Waals surface area contributed by atoms with Crippen LogP contribution in [0, 0.1) is 27.4 Å². The minimum Gasteiger partial charge on any atom is -0.486 e. The number of fused-ring (bicyclic) bond motifs is 1. The molecule has 1 saturated heterocycles. The van der Waals surface area contributed by atoms with Crippen LogP contribution >= 0.6 is 11.6 Å². The Morgan fingerprint density at radius 3 is 2.79 bits per heavy atom. The van der Waals surface area contributed by atoms with E-state index in [2.05, 4.69) is 43.9 Å². The molecule has 5 rings (SSSR count). The highest BCUT2D eigenvalue weighted by Crippen LogP contribution is 2.33. The fraction of sp³-hybridized carbons (Fsp3) is 0.250. The minimum atomic E-state index is -0.423. The third-order valence-electron chi connectivity index (χ3n) is 6.41. The molecule has 4 aromatic rings. The van der Waals surface area contributed by atoms with Crippen molar-refractivity contribution in [1.82, 2.24) is 19.9 Å². The molecule has 0 amide bonds. The van der Waals surface area contributed by atoms with Gasteiger partial charge in [-0.05, 0) is 63.3 Å². The van der Waals surface area contributed by atoms with Crippen LogP contribution in [0.2, 0.25) is 5.02 Å². The maximum atomic E-state index is 11.9. The van der Waals surface area contributed by atoms with E-state index in [-0.39, 0.29) is 17.7 Å². The Balaban J connectivity index is 1.41. The molecule has 1 atom stereocenters. The third kappa shape index (κ3) is 5.67. The molecule has 0 aliphatic carbocycles. The highest BCUT2D eigenvalue weighted by molar-refractivity contribution is 6.32. The maximum Gasteiger partial charge on any atom is 0.285 e. The van der Waals surface area contributed by atoms with Crippen LogP contribution in [0.15, 0.2) is 61.1 Å². The fourth-order valence-electron chi connectivity index (χ4n) is 4.42. The van der Waals surface area contributed by atoms with Crippen LogP contribution in [-0.2, 0) is 6.61 Å². The van der Waals surface area contributed by atoms with Crippen LogP contribution in [0.5, 0.6) is 5.75 Å². The molecule has 0 radical (unpaired) electrons. The Hall–Kier alpha value is -4.26. The highest BCUT2D eigenvalue weighted by Gasteiger charge is 2.30. The van der Waals surface area contributed by atoms with E-state index in [9.17, 15) is 10.1 Å². The molecule has 1 unspecified atom stereocenters. The van der Waals surface area contributed by atoms with Gasteiger partial charge in [-0.2, -0.15) is 0 Å². The standard InChI is InChI=1S/C28H25ClN6O3/c1-28(10-12-34(2)17-28)9-8-19-13-24-22(15-25(19)35(36)37)27(32-18-31-24)33-20-6-7-26(23(29)14-20)38-16-21-5-3-4-11-30-21/h3-7,11,13-15,18H,10,12,16-17H2,1-2H3,(H,31,32,33). The summed E-state index contributed by atoms with van der Waals surface area (Å²) >= 11 is 6.45. The Bertz CT molecular complexity index is 1570. The van der Waals surface area contributed by atoms with Crippen molar-refractivity contribution in [2.45, 2.75) is 20.0 Å². The van der Waals surface area contributed by atoms with Crippen molar-refractivity contribution in [3.63, 3.8) is 0 Å². The average molecular weight is 529 g/mol. The Morgan fingerprint density at radius 1 is 1.21 bits per heavy atom. The normalized spacial score (nSPS) is 17.1. The molecule has 192 valence electrons. The number of nitrogens with zero attached hydrogens (tertiary/aromatic N) is 5. The Labute approximate surface area is 225 Å². The lowest BCUT2D eigenvalue weighted by Crippen LogP contribution is -2.20. The Kier molecular flexibility index (Phi) is 7.09. The number of anilines is 2. The van der Waals surface area contributed by atoms with Gasteiger partial charge < -0.3 is 15.0 Å². The van der Waals surface area contributed by atoms with E-state index < -0.39 is 4.92 Å². The summed E-state index contributed by atoms with van der Waals surface area (Å²) in [6, 6.07) is 14.0. The summed E-state index contributed by atoms with van der Waals surface area (Å²) in [7, 11) is 2.05. The molecule has 0 bridgehead atoms. The number of halogens is 1. The number of pyridine rings is 1. The van der Waals surface area contributed by atoms with Crippen LogP contribution in [0.3, 0.4) is 0 Å². The zero-order valence-corrected chi connectivity index (χ0v) is 21.7. The first-order valence-electron chi connectivity index (χ1n) is 12.0. The molecular formula is C28H25ClN6O3. The van der Waals surface area contributed by atoms with E-state index in [0.29, 0.717) is 38.7 Å². The zero-order chi connectivity index (χ0) is 26.7. The monoisotopic (exact) mass is 528 g/mol. The SMILES string of the molecule is CN1CCC(C)(C#Cc2cc3ncnc(Nc4ccc(OCc5ccccn5)c(Cl)c4)c3cc2[N+](=O)[O-])C1. The van der Waals surface area contributed by atoms with Gasteiger partial charge in [-0.1, -0.05) is 29.5 Å². The molecule has 2 aromatic carbocycles. The van der Waals surface area contributed by atoms with E-state index in [0.717, 1.165) is 25.2 Å².